The third kappa shape index (κ3) is 3.65. The van der Waals surface area contributed by atoms with Gasteiger partial charge in [-0.25, -0.2) is 9.37 Å². The van der Waals surface area contributed by atoms with Crippen LogP contribution in [-0.2, 0) is 16.0 Å². The second kappa shape index (κ2) is 5.99. The Bertz CT molecular complexity index is 603. The molecule has 0 aliphatic rings. The number of ether oxygens (including phenoxy) is 1. The van der Waals surface area contributed by atoms with Crippen LogP contribution in [-0.4, -0.2) is 18.1 Å². The van der Waals surface area contributed by atoms with E-state index in [9.17, 15) is 9.18 Å². The molecular weight excluding hydrogens is 291 g/mol. The number of carbonyl (C=O) groups is 1. The molecule has 19 heavy (non-hydrogen) atoms. The van der Waals surface area contributed by atoms with E-state index < -0.39 is 5.82 Å². The zero-order valence-corrected chi connectivity index (χ0v) is 11.5. The van der Waals surface area contributed by atoms with Crippen molar-refractivity contribution in [3.63, 3.8) is 0 Å². The van der Waals surface area contributed by atoms with Gasteiger partial charge in [0.1, 0.15) is 5.82 Å². The number of aromatic nitrogens is 1. The lowest BCUT2D eigenvalue weighted by Crippen LogP contribution is -2.04. The van der Waals surface area contributed by atoms with Crippen LogP contribution in [0.2, 0.25) is 5.02 Å². The molecule has 0 unspecified atom stereocenters. The maximum atomic E-state index is 13.6. The molecule has 0 saturated carbocycles. The fraction of sp³-hybridized carbons (Fsp3) is 0.167. The van der Waals surface area contributed by atoms with Gasteiger partial charge in [0.15, 0.2) is 5.13 Å². The standard InChI is InChI=1S/C12H10ClFN2O2S/c1-18-11(17)5-8-6-19-12(15-8)16-10-3-2-7(13)4-9(10)14/h2-4,6H,5H2,1H3,(H,15,16). The Morgan fingerprint density at radius 1 is 1.58 bits per heavy atom. The zero-order valence-electron chi connectivity index (χ0n) is 9.94. The van der Waals surface area contributed by atoms with Crippen molar-refractivity contribution in [1.82, 2.24) is 4.98 Å². The lowest BCUT2D eigenvalue weighted by Gasteiger charge is -2.04. The predicted octanol–water partition coefficient (Wildman–Crippen LogP) is 3.39. The van der Waals surface area contributed by atoms with E-state index in [2.05, 4.69) is 15.0 Å². The first kappa shape index (κ1) is 13.8. The van der Waals surface area contributed by atoms with Gasteiger partial charge in [0.25, 0.3) is 0 Å². The smallest absolute Gasteiger partial charge is 0.311 e. The van der Waals surface area contributed by atoms with Crippen molar-refractivity contribution < 1.29 is 13.9 Å². The number of methoxy groups -OCH3 is 1. The maximum Gasteiger partial charge on any atom is 0.311 e. The van der Waals surface area contributed by atoms with E-state index >= 15 is 0 Å². The van der Waals surface area contributed by atoms with Gasteiger partial charge in [0.2, 0.25) is 0 Å². The third-order valence-electron chi connectivity index (χ3n) is 2.28. The summed E-state index contributed by atoms with van der Waals surface area (Å²) in [6.07, 6.45) is 0.0950. The summed E-state index contributed by atoms with van der Waals surface area (Å²) in [4.78, 5) is 15.3. The summed E-state index contributed by atoms with van der Waals surface area (Å²) in [7, 11) is 1.32. The van der Waals surface area contributed by atoms with Gasteiger partial charge in [0, 0.05) is 10.4 Å². The summed E-state index contributed by atoms with van der Waals surface area (Å²) in [5.74, 6) is -0.827. The highest BCUT2D eigenvalue weighted by Crippen LogP contribution is 2.25. The SMILES string of the molecule is COC(=O)Cc1csc(Nc2ccc(Cl)cc2F)n1. The van der Waals surface area contributed by atoms with Crippen LogP contribution in [0.3, 0.4) is 0 Å². The molecule has 0 saturated heterocycles. The summed E-state index contributed by atoms with van der Waals surface area (Å²) in [6, 6.07) is 4.32. The number of nitrogens with zero attached hydrogens (tertiary/aromatic N) is 1. The summed E-state index contributed by atoms with van der Waals surface area (Å²) >= 11 is 6.95. The molecule has 4 nitrogen and oxygen atoms in total. The molecule has 0 amide bonds. The third-order valence-corrected chi connectivity index (χ3v) is 3.32. The van der Waals surface area contributed by atoms with Gasteiger partial charge in [-0.1, -0.05) is 11.6 Å². The van der Waals surface area contributed by atoms with Crippen molar-refractivity contribution in [2.24, 2.45) is 0 Å². The number of nitrogens with one attached hydrogen (secondary N) is 1. The van der Waals surface area contributed by atoms with E-state index in [1.165, 1.54) is 30.6 Å². The number of hydrogen-bond donors (Lipinski definition) is 1. The second-order valence-electron chi connectivity index (χ2n) is 3.65. The Morgan fingerprint density at radius 3 is 3.05 bits per heavy atom. The van der Waals surface area contributed by atoms with Crippen LogP contribution in [0.15, 0.2) is 23.6 Å². The average Bonchev–Trinajstić information content (AvgIpc) is 2.80. The molecule has 100 valence electrons. The minimum atomic E-state index is -0.461. The average molecular weight is 301 g/mol. The summed E-state index contributed by atoms with van der Waals surface area (Å²) in [5, 5.41) is 5.38. The molecule has 0 bridgehead atoms. The Hall–Kier alpha value is -1.66. The first-order chi connectivity index (χ1) is 9.08. The maximum absolute atomic E-state index is 13.6. The number of rotatable bonds is 4. The summed E-state index contributed by atoms with van der Waals surface area (Å²) in [5.41, 5.74) is 0.858. The van der Waals surface area contributed by atoms with E-state index in [0.717, 1.165) is 0 Å². The molecular formula is C12H10ClFN2O2S. The predicted molar refractivity (Wildman–Crippen MR) is 72.5 cm³/mol. The molecule has 0 aliphatic carbocycles. The molecule has 0 spiro atoms. The van der Waals surface area contributed by atoms with Crippen molar-refractivity contribution in [1.29, 1.82) is 0 Å². The molecule has 1 N–H and O–H groups in total. The molecule has 0 fully saturated rings. The molecule has 2 rings (SSSR count). The largest absolute Gasteiger partial charge is 0.469 e. The number of esters is 1. The van der Waals surface area contributed by atoms with Crippen LogP contribution in [0, 0.1) is 5.82 Å². The summed E-state index contributed by atoms with van der Waals surface area (Å²) < 4.78 is 18.1. The Kier molecular flexibility index (Phi) is 4.34. The highest BCUT2D eigenvalue weighted by atomic mass is 35.5. The fourth-order valence-electron chi connectivity index (χ4n) is 1.37. The topological polar surface area (TPSA) is 51.2 Å². The molecule has 1 heterocycles. The Balaban J connectivity index is 2.09. The van der Waals surface area contributed by atoms with Crippen LogP contribution < -0.4 is 5.32 Å². The van der Waals surface area contributed by atoms with Crippen molar-refractivity contribution in [2.75, 3.05) is 12.4 Å². The van der Waals surface area contributed by atoms with Crippen LogP contribution in [0.5, 0.6) is 0 Å². The molecule has 7 heteroatoms. The van der Waals surface area contributed by atoms with Gasteiger partial charge in [-0.15, -0.1) is 11.3 Å². The number of benzene rings is 1. The molecule has 0 aliphatic heterocycles. The number of hydrogen-bond acceptors (Lipinski definition) is 5. The quantitative estimate of drug-likeness (QED) is 0.879. The van der Waals surface area contributed by atoms with E-state index in [0.29, 0.717) is 15.8 Å². The monoisotopic (exact) mass is 300 g/mol. The van der Waals surface area contributed by atoms with Gasteiger partial charge in [-0.2, -0.15) is 0 Å². The summed E-state index contributed by atoms with van der Waals surface area (Å²) in [6.45, 7) is 0. The molecule has 1 aromatic carbocycles. The first-order valence-corrected chi connectivity index (χ1v) is 6.57. The molecule has 0 atom stereocenters. The van der Waals surface area contributed by atoms with E-state index in [1.807, 2.05) is 0 Å². The van der Waals surface area contributed by atoms with Gasteiger partial charge < -0.3 is 10.1 Å². The normalized spacial score (nSPS) is 10.3. The molecule has 2 aromatic rings. The van der Waals surface area contributed by atoms with Crippen LogP contribution >= 0.6 is 22.9 Å². The lowest BCUT2D eigenvalue weighted by atomic mass is 10.3. The second-order valence-corrected chi connectivity index (χ2v) is 4.94. The van der Waals surface area contributed by atoms with Crippen molar-refractivity contribution in [3.8, 4) is 0 Å². The minimum Gasteiger partial charge on any atom is -0.469 e. The van der Waals surface area contributed by atoms with Crippen LogP contribution in [0.25, 0.3) is 0 Å². The number of thiazole rings is 1. The van der Waals surface area contributed by atoms with Gasteiger partial charge in [0.05, 0.1) is 24.9 Å². The molecule has 0 radical (unpaired) electrons. The Morgan fingerprint density at radius 2 is 2.37 bits per heavy atom. The van der Waals surface area contributed by atoms with Crippen molar-refractivity contribution in [2.45, 2.75) is 6.42 Å². The zero-order chi connectivity index (χ0) is 13.8. The molecule has 1 aromatic heterocycles. The number of anilines is 2. The minimum absolute atomic E-state index is 0.0950. The fourth-order valence-corrected chi connectivity index (χ4v) is 2.25. The van der Waals surface area contributed by atoms with Gasteiger partial charge in [-0.05, 0) is 18.2 Å². The highest BCUT2D eigenvalue weighted by Gasteiger charge is 2.09. The first-order valence-electron chi connectivity index (χ1n) is 5.32. The van der Waals surface area contributed by atoms with Crippen molar-refractivity contribution in [3.05, 3.63) is 40.1 Å². The van der Waals surface area contributed by atoms with Gasteiger partial charge >= 0.3 is 5.97 Å². The lowest BCUT2D eigenvalue weighted by molar-refractivity contribution is -0.139. The van der Waals surface area contributed by atoms with E-state index in [-0.39, 0.29) is 18.1 Å². The van der Waals surface area contributed by atoms with Crippen molar-refractivity contribution >= 4 is 39.7 Å². The van der Waals surface area contributed by atoms with Crippen LogP contribution in [0.4, 0.5) is 15.2 Å². The highest BCUT2D eigenvalue weighted by molar-refractivity contribution is 7.13. The number of halogens is 2. The van der Waals surface area contributed by atoms with Crippen LogP contribution in [0.1, 0.15) is 5.69 Å². The number of carbonyl (C=O) groups excluding carboxylic acids is 1. The van der Waals surface area contributed by atoms with E-state index in [1.54, 1.807) is 11.4 Å². The van der Waals surface area contributed by atoms with Gasteiger partial charge in [-0.3, -0.25) is 4.79 Å². The van der Waals surface area contributed by atoms with E-state index in [4.69, 9.17) is 11.6 Å². The Labute approximate surface area is 118 Å².